The minimum atomic E-state index is -0.339. The predicted octanol–water partition coefficient (Wildman–Crippen LogP) is 5.28. The summed E-state index contributed by atoms with van der Waals surface area (Å²) in [5.74, 6) is 0.165. The van der Waals surface area contributed by atoms with Crippen LogP contribution in [0.2, 0.25) is 10.0 Å². The summed E-state index contributed by atoms with van der Waals surface area (Å²) >= 11 is 14.0. The molecule has 0 atom stereocenters. The van der Waals surface area contributed by atoms with Crippen LogP contribution in [0.5, 0.6) is 5.75 Å². The number of nitrogens with one attached hydrogen (secondary N) is 1. The van der Waals surface area contributed by atoms with Crippen LogP contribution in [0.1, 0.15) is 20.0 Å². The van der Waals surface area contributed by atoms with Gasteiger partial charge in [-0.3, -0.25) is 9.59 Å². The Kier molecular flexibility index (Phi) is 6.89. The predicted molar refractivity (Wildman–Crippen MR) is 130 cm³/mol. The summed E-state index contributed by atoms with van der Waals surface area (Å²) < 4.78 is 5.25. The lowest BCUT2D eigenvalue weighted by Crippen LogP contribution is -2.48. The Morgan fingerprint density at radius 3 is 2.47 bits per heavy atom. The molecule has 0 saturated carbocycles. The van der Waals surface area contributed by atoms with E-state index in [9.17, 15) is 9.59 Å². The monoisotopic (exact) mass is 489 g/mol. The number of carbonyl (C=O) groups excluding carboxylic acids is 2. The second-order valence-corrected chi connectivity index (χ2v) is 9.01. The largest absolute Gasteiger partial charge is 0.496 e. The normalized spacial score (nSPS) is 13.7. The van der Waals surface area contributed by atoms with E-state index >= 15 is 0 Å². The third-order valence-electron chi connectivity index (χ3n) is 5.25. The number of halogens is 2. The summed E-state index contributed by atoms with van der Waals surface area (Å²) in [7, 11) is 1.50. The molecule has 0 spiro atoms. The molecule has 1 aromatic heterocycles. The molecule has 166 valence electrons. The molecule has 0 radical (unpaired) electrons. The van der Waals surface area contributed by atoms with Crippen LogP contribution >= 0.6 is 34.5 Å². The first-order valence-corrected chi connectivity index (χ1v) is 11.6. The summed E-state index contributed by atoms with van der Waals surface area (Å²) in [4.78, 5) is 30.0. The number of ether oxygens (including phenoxy) is 1. The van der Waals surface area contributed by atoms with Gasteiger partial charge in [-0.2, -0.15) is 0 Å². The Bertz CT molecular complexity index is 1130. The zero-order valence-electron chi connectivity index (χ0n) is 17.3. The van der Waals surface area contributed by atoms with Crippen LogP contribution in [0.3, 0.4) is 0 Å². The molecular formula is C23H21Cl2N3O3S. The number of benzene rings is 2. The first-order valence-electron chi connectivity index (χ1n) is 9.98. The molecule has 3 aromatic rings. The van der Waals surface area contributed by atoms with Crippen molar-refractivity contribution in [1.82, 2.24) is 4.90 Å². The lowest BCUT2D eigenvalue weighted by Gasteiger charge is -2.36. The minimum Gasteiger partial charge on any atom is -0.496 e. The van der Waals surface area contributed by atoms with E-state index in [0.717, 1.165) is 10.6 Å². The third kappa shape index (κ3) is 4.85. The summed E-state index contributed by atoms with van der Waals surface area (Å²) in [6.07, 6.45) is 0. The summed E-state index contributed by atoms with van der Waals surface area (Å²) in [5.41, 5.74) is 1.78. The van der Waals surface area contributed by atoms with Crippen molar-refractivity contribution in [3.05, 3.63) is 74.4 Å². The van der Waals surface area contributed by atoms with E-state index in [1.165, 1.54) is 18.4 Å². The fraction of sp³-hybridized carbons (Fsp3) is 0.217. The van der Waals surface area contributed by atoms with Crippen molar-refractivity contribution in [2.45, 2.75) is 0 Å². The van der Waals surface area contributed by atoms with Crippen molar-refractivity contribution < 1.29 is 14.3 Å². The van der Waals surface area contributed by atoms with Gasteiger partial charge in [0.25, 0.3) is 11.8 Å². The maximum Gasteiger partial charge on any atom is 0.264 e. The van der Waals surface area contributed by atoms with Gasteiger partial charge in [0.15, 0.2) is 0 Å². The van der Waals surface area contributed by atoms with E-state index in [0.29, 0.717) is 53.2 Å². The topological polar surface area (TPSA) is 61.9 Å². The molecule has 2 heterocycles. The molecule has 1 fully saturated rings. The highest BCUT2D eigenvalue weighted by Gasteiger charge is 2.24. The summed E-state index contributed by atoms with van der Waals surface area (Å²) in [6.45, 7) is 2.62. The zero-order chi connectivity index (χ0) is 22.7. The Labute approximate surface area is 200 Å². The van der Waals surface area contributed by atoms with Crippen LogP contribution < -0.4 is 15.0 Å². The maximum atomic E-state index is 12.7. The van der Waals surface area contributed by atoms with Gasteiger partial charge in [0.1, 0.15) is 5.75 Å². The first-order chi connectivity index (χ1) is 15.5. The Morgan fingerprint density at radius 1 is 1.03 bits per heavy atom. The van der Waals surface area contributed by atoms with Gasteiger partial charge in [-0.15, -0.1) is 11.3 Å². The lowest BCUT2D eigenvalue weighted by atomic mass is 10.1. The van der Waals surface area contributed by atoms with Crippen molar-refractivity contribution in [1.29, 1.82) is 0 Å². The number of piperazine rings is 1. The molecule has 1 aliphatic heterocycles. The van der Waals surface area contributed by atoms with Crippen molar-refractivity contribution in [3.8, 4) is 5.75 Å². The summed E-state index contributed by atoms with van der Waals surface area (Å²) in [6, 6.07) is 14.0. The van der Waals surface area contributed by atoms with Crippen LogP contribution in [0.15, 0.2) is 53.9 Å². The molecule has 32 heavy (non-hydrogen) atoms. The van der Waals surface area contributed by atoms with Gasteiger partial charge in [-0.05, 0) is 47.8 Å². The SMILES string of the molecule is COc1ccc(Cl)cc1C(=O)Nc1ccc(N2CCN(C(=O)c3cccs3)CC2)c(Cl)c1. The van der Waals surface area contributed by atoms with Gasteiger partial charge in [0.05, 0.1) is 28.3 Å². The van der Waals surface area contributed by atoms with E-state index in [1.54, 1.807) is 30.3 Å². The molecule has 2 aromatic carbocycles. The number of hydrogen-bond donors (Lipinski definition) is 1. The highest BCUT2D eigenvalue weighted by molar-refractivity contribution is 7.12. The fourth-order valence-corrected chi connectivity index (χ4v) is 4.77. The van der Waals surface area contributed by atoms with E-state index < -0.39 is 0 Å². The average molecular weight is 490 g/mol. The second-order valence-electron chi connectivity index (χ2n) is 7.22. The van der Waals surface area contributed by atoms with E-state index in [4.69, 9.17) is 27.9 Å². The number of rotatable bonds is 5. The Hall–Kier alpha value is -2.74. The van der Waals surface area contributed by atoms with E-state index in [1.807, 2.05) is 28.5 Å². The zero-order valence-corrected chi connectivity index (χ0v) is 19.6. The Balaban J connectivity index is 1.41. The molecule has 9 heteroatoms. The van der Waals surface area contributed by atoms with Crippen LogP contribution in [-0.2, 0) is 0 Å². The smallest absolute Gasteiger partial charge is 0.264 e. The molecule has 4 rings (SSSR count). The highest BCUT2D eigenvalue weighted by Crippen LogP contribution is 2.31. The van der Waals surface area contributed by atoms with Crippen molar-refractivity contribution in [2.24, 2.45) is 0 Å². The van der Waals surface area contributed by atoms with Crippen LogP contribution in [0, 0.1) is 0 Å². The van der Waals surface area contributed by atoms with Crippen molar-refractivity contribution in [3.63, 3.8) is 0 Å². The molecule has 6 nitrogen and oxygen atoms in total. The quantitative estimate of drug-likeness (QED) is 0.529. The van der Waals surface area contributed by atoms with Gasteiger partial charge in [-0.25, -0.2) is 0 Å². The molecule has 0 bridgehead atoms. The molecule has 1 aliphatic rings. The van der Waals surface area contributed by atoms with Gasteiger partial charge in [0, 0.05) is 36.9 Å². The summed E-state index contributed by atoms with van der Waals surface area (Å²) in [5, 5.41) is 5.72. The average Bonchev–Trinajstić information content (AvgIpc) is 3.34. The van der Waals surface area contributed by atoms with Crippen LogP contribution in [-0.4, -0.2) is 50.0 Å². The minimum absolute atomic E-state index is 0.0697. The van der Waals surface area contributed by atoms with Crippen molar-refractivity contribution in [2.75, 3.05) is 43.5 Å². The number of hydrogen-bond acceptors (Lipinski definition) is 5. The van der Waals surface area contributed by atoms with E-state index in [-0.39, 0.29) is 11.8 Å². The van der Waals surface area contributed by atoms with Gasteiger partial charge in [-0.1, -0.05) is 29.3 Å². The number of carbonyl (C=O) groups is 2. The number of anilines is 2. The molecule has 1 N–H and O–H groups in total. The Morgan fingerprint density at radius 2 is 1.81 bits per heavy atom. The highest BCUT2D eigenvalue weighted by atomic mass is 35.5. The van der Waals surface area contributed by atoms with Crippen LogP contribution in [0.25, 0.3) is 0 Å². The fourth-order valence-electron chi connectivity index (χ4n) is 3.60. The van der Waals surface area contributed by atoms with E-state index in [2.05, 4.69) is 10.2 Å². The maximum absolute atomic E-state index is 12.7. The van der Waals surface area contributed by atoms with Gasteiger partial charge in [0.2, 0.25) is 0 Å². The molecule has 0 aliphatic carbocycles. The third-order valence-corrected chi connectivity index (χ3v) is 6.65. The van der Waals surface area contributed by atoms with Crippen molar-refractivity contribution >= 4 is 57.7 Å². The molecular weight excluding hydrogens is 469 g/mol. The molecule has 1 saturated heterocycles. The van der Waals surface area contributed by atoms with Gasteiger partial charge >= 0.3 is 0 Å². The number of amides is 2. The lowest BCUT2D eigenvalue weighted by molar-refractivity contribution is 0.0751. The first kappa shape index (κ1) is 22.5. The van der Waals surface area contributed by atoms with Crippen LogP contribution in [0.4, 0.5) is 11.4 Å². The molecule has 2 amide bonds. The second kappa shape index (κ2) is 9.81. The van der Waals surface area contributed by atoms with Gasteiger partial charge < -0.3 is 19.9 Å². The number of methoxy groups -OCH3 is 1. The molecule has 0 unspecified atom stereocenters. The number of nitrogens with zero attached hydrogens (tertiary/aromatic N) is 2. The standard InChI is InChI=1S/C23H21Cl2N3O3S/c1-31-20-7-4-15(24)13-17(20)22(29)26-16-5-6-19(18(25)14-16)27-8-10-28(11-9-27)23(30)21-3-2-12-32-21/h2-7,12-14H,8-11H2,1H3,(H,26,29). The number of thiophene rings is 1.